The van der Waals surface area contributed by atoms with E-state index >= 15 is 0 Å². The minimum atomic E-state index is -4.52. The molecule has 1 amide bonds. The summed E-state index contributed by atoms with van der Waals surface area (Å²) in [5, 5.41) is 9.01. The predicted molar refractivity (Wildman–Crippen MR) is 67.8 cm³/mol. The number of nitrogens with zero attached hydrogens (tertiary/aromatic N) is 2. The fourth-order valence-corrected chi connectivity index (χ4v) is 1.77. The van der Waals surface area contributed by atoms with Gasteiger partial charge >= 0.3 is 6.18 Å². The van der Waals surface area contributed by atoms with Gasteiger partial charge in [-0.25, -0.2) is 0 Å². The smallest absolute Gasteiger partial charge is 0.368 e. The Morgan fingerprint density at radius 2 is 2.05 bits per heavy atom. The van der Waals surface area contributed by atoms with E-state index in [1.54, 1.807) is 19.9 Å². The van der Waals surface area contributed by atoms with Crippen LogP contribution in [0, 0.1) is 11.3 Å². The Morgan fingerprint density at radius 1 is 1.45 bits per heavy atom. The number of carbonyl (C=O) groups excluding carboxylic acids is 1. The Morgan fingerprint density at radius 3 is 2.45 bits per heavy atom. The van der Waals surface area contributed by atoms with E-state index in [4.69, 9.17) is 11.0 Å². The van der Waals surface area contributed by atoms with Crippen LogP contribution in [-0.2, 0) is 11.0 Å². The van der Waals surface area contributed by atoms with Gasteiger partial charge in [0.25, 0.3) is 0 Å². The monoisotopic (exact) mass is 285 g/mol. The molecular formula is C13H14F3N3O. The Hall–Kier alpha value is -2.23. The number of nitriles is 1. The molecule has 20 heavy (non-hydrogen) atoms. The predicted octanol–water partition coefficient (Wildman–Crippen LogP) is 2.28. The highest BCUT2D eigenvalue weighted by Gasteiger charge is 2.31. The molecule has 0 fully saturated rings. The van der Waals surface area contributed by atoms with Crippen LogP contribution < -0.4 is 10.6 Å². The molecule has 1 aromatic carbocycles. The molecule has 0 unspecified atom stereocenters. The molecule has 4 nitrogen and oxygen atoms in total. The van der Waals surface area contributed by atoms with Crippen molar-refractivity contribution < 1.29 is 18.0 Å². The molecule has 0 radical (unpaired) electrons. The zero-order valence-electron chi connectivity index (χ0n) is 11.0. The van der Waals surface area contributed by atoms with Crippen molar-refractivity contribution in [3.63, 3.8) is 0 Å². The van der Waals surface area contributed by atoms with Crippen LogP contribution in [0.1, 0.15) is 25.0 Å². The molecule has 1 rings (SSSR count). The maximum absolute atomic E-state index is 12.6. The summed E-state index contributed by atoms with van der Waals surface area (Å²) in [6.07, 6.45) is -4.52. The SMILES string of the molecule is CC(C)N(CC(N)=O)c1ccc(C(F)(F)F)cc1C#N. The molecule has 1 aromatic rings. The lowest BCUT2D eigenvalue weighted by molar-refractivity contribution is -0.137. The molecule has 0 saturated carbocycles. The zero-order chi connectivity index (χ0) is 15.5. The molecule has 0 bridgehead atoms. The first-order valence-electron chi connectivity index (χ1n) is 5.83. The molecule has 0 saturated heterocycles. The van der Waals surface area contributed by atoms with Crippen LogP contribution in [0.2, 0.25) is 0 Å². The maximum Gasteiger partial charge on any atom is 0.416 e. The van der Waals surface area contributed by atoms with Crippen LogP contribution in [0.5, 0.6) is 0 Å². The van der Waals surface area contributed by atoms with Gasteiger partial charge in [-0.3, -0.25) is 4.79 Å². The van der Waals surface area contributed by atoms with Crippen LogP contribution >= 0.6 is 0 Å². The van der Waals surface area contributed by atoms with Gasteiger partial charge in [0, 0.05) is 6.04 Å². The topological polar surface area (TPSA) is 70.1 Å². The summed E-state index contributed by atoms with van der Waals surface area (Å²) < 4.78 is 37.8. The van der Waals surface area contributed by atoms with Gasteiger partial charge in [0.2, 0.25) is 5.91 Å². The van der Waals surface area contributed by atoms with Crippen molar-refractivity contribution in [2.24, 2.45) is 5.73 Å². The van der Waals surface area contributed by atoms with Gasteiger partial charge in [0.15, 0.2) is 0 Å². The molecule has 0 aliphatic heterocycles. The summed E-state index contributed by atoms with van der Waals surface area (Å²) in [4.78, 5) is 12.5. The van der Waals surface area contributed by atoms with Gasteiger partial charge in [-0.15, -0.1) is 0 Å². The average molecular weight is 285 g/mol. The summed E-state index contributed by atoms with van der Waals surface area (Å²) in [7, 11) is 0. The summed E-state index contributed by atoms with van der Waals surface area (Å²) in [6.45, 7) is 3.33. The molecule has 0 aliphatic rings. The maximum atomic E-state index is 12.6. The van der Waals surface area contributed by atoms with Crippen LogP contribution in [0.25, 0.3) is 0 Å². The van der Waals surface area contributed by atoms with Crippen LogP contribution in [0.3, 0.4) is 0 Å². The van der Waals surface area contributed by atoms with E-state index in [1.807, 2.05) is 0 Å². The highest BCUT2D eigenvalue weighted by molar-refractivity contribution is 5.80. The van der Waals surface area contributed by atoms with Gasteiger partial charge in [0.1, 0.15) is 6.07 Å². The van der Waals surface area contributed by atoms with E-state index in [9.17, 15) is 18.0 Å². The van der Waals surface area contributed by atoms with E-state index in [2.05, 4.69) is 0 Å². The average Bonchev–Trinajstić information content (AvgIpc) is 2.33. The first-order valence-corrected chi connectivity index (χ1v) is 5.83. The number of alkyl halides is 3. The lowest BCUT2D eigenvalue weighted by Crippen LogP contribution is -2.39. The fourth-order valence-electron chi connectivity index (χ4n) is 1.77. The van der Waals surface area contributed by atoms with Gasteiger partial charge < -0.3 is 10.6 Å². The minimum Gasteiger partial charge on any atom is -0.368 e. The summed E-state index contributed by atoms with van der Waals surface area (Å²) in [5.74, 6) is -0.623. The van der Waals surface area contributed by atoms with Gasteiger partial charge in [-0.1, -0.05) is 0 Å². The summed E-state index contributed by atoms with van der Waals surface area (Å²) in [5.41, 5.74) is 4.33. The number of amides is 1. The van der Waals surface area contributed by atoms with Crippen molar-refractivity contribution in [3.05, 3.63) is 29.3 Å². The molecular weight excluding hydrogens is 271 g/mol. The van der Waals surface area contributed by atoms with E-state index < -0.39 is 17.6 Å². The van der Waals surface area contributed by atoms with Crippen molar-refractivity contribution in [3.8, 4) is 6.07 Å². The van der Waals surface area contributed by atoms with Gasteiger partial charge in [-0.2, -0.15) is 18.4 Å². The number of carbonyl (C=O) groups is 1. The van der Waals surface area contributed by atoms with Crippen molar-refractivity contribution in [2.75, 3.05) is 11.4 Å². The molecule has 0 aliphatic carbocycles. The van der Waals surface area contributed by atoms with Crippen LogP contribution in [0.4, 0.5) is 18.9 Å². The summed E-state index contributed by atoms with van der Waals surface area (Å²) in [6, 6.07) is 4.37. The quantitative estimate of drug-likeness (QED) is 0.922. The third-order valence-electron chi connectivity index (χ3n) is 2.70. The number of benzene rings is 1. The van der Waals surface area contributed by atoms with E-state index in [1.165, 1.54) is 11.0 Å². The van der Waals surface area contributed by atoms with Crippen molar-refractivity contribution in [1.82, 2.24) is 0 Å². The lowest BCUT2D eigenvalue weighted by atomic mass is 10.1. The number of anilines is 1. The minimum absolute atomic E-state index is 0.144. The number of halogens is 3. The highest BCUT2D eigenvalue weighted by atomic mass is 19.4. The third kappa shape index (κ3) is 3.63. The van der Waals surface area contributed by atoms with Crippen molar-refractivity contribution >= 4 is 11.6 Å². The first-order chi connectivity index (χ1) is 9.16. The van der Waals surface area contributed by atoms with E-state index in [0.29, 0.717) is 0 Å². The van der Waals surface area contributed by atoms with Gasteiger partial charge in [0.05, 0.1) is 23.4 Å². The number of hydrogen-bond donors (Lipinski definition) is 1. The second-order valence-corrected chi connectivity index (χ2v) is 4.53. The van der Waals surface area contributed by atoms with E-state index in [0.717, 1.165) is 12.1 Å². The Bertz CT molecular complexity index is 547. The van der Waals surface area contributed by atoms with Gasteiger partial charge in [-0.05, 0) is 32.0 Å². The van der Waals surface area contributed by atoms with Crippen LogP contribution in [0.15, 0.2) is 18.2 Å². The van der Waals surface area contributed by atoms with E-state index in [-0.39, 0.29) is 23.8 Å². The summed E-state index contributed by atoms with van der Waals surface area (Å²) >= 11 is 0. The Balaban J connectivity index is 3.30. The normalized spacial score (nSPS) is 11.2. The van der Waals surface area contributed by atoms with Crippen LogP contribution in [-0.4, -0.2) is 18.5 Å². The number of nitrogens with two attached hydrogens (primary N) is 1. The second kappa shape index (κ2) is 5.82. The van der Waals surface area contributed by atoms with Crippen molar-refractivity contribution in [2.45, 2.75) is 26.1 Å². The molecule has 0 spiro atoms. The van der Waals surface area contributed by atoms with Crippen molar-refractivity contribution in [1.29, 1.82) is 5.26 Å². The standard InChI is InChI=1S/C13H14F3N3O/c1-8(2)19(7-12(18)20)11-4-3-10(13(14,15)16)5-9(11)6-17/h3-5,8H,7H2,1-2H3,(H2,18,20). The number of primary amides is 1. The molecule has 108 valence electrons. The Kier molecular flexibility index (Phi) is 4.61. The Labute approximate surface area is 114 Å². The highest BCUT2D eigenvalue weighted by Crippen LogP contribution is 2.33. The largest absolute Gasteiger partial charge is 0.416 e. The molecule has 0 aromatic heterocycles. The molecule has 2 N–H and O–H groups in total. The third-order valence-corrected chi connectivity index (χ3v) is 2.70. The molecule has 0 heterocycles. The molecule has 7 heteroatoms. The first kappa shape index (κ1) is 15.8. The lowest BCUT2D eigenvalue weighted by Gasteiger charge is -2.28. The number of rotatable bonds is 4. The zero-order valence-corrected chi connectivity index (χ0v) is 11.0. The molecule has 0 atom stereocenters. The number of hydrogen-bond acceptors (Lipinski definition) is 3. The fraction of sp³-hybridized carbons (Fsp3) is 0.385. The second-order valence-electron chi connectivity index (χ2n) is 4.53.